The second-order valence-electron chi connectivity index (χ2n) is 9.49. The summed E-state index contributed by atoms with van der Waals surface area (Å²) in [4.78, 5) is 30.7. The van der Waals surface area contributed by atoms with E-state index in [-0.39, 0.29) is 22.6 Å². The van der Waals surface area contributed by atoms with Crippen LogP contribution in [-0.4, -0.2) is 30.5 Å². The number of hydrogen-bond donors (Lipinski definition) is 1. The first-order valence-corrected chi connectivity index (χ1v) is 11.0. The summed E-state index contributed by atoms with van der Waals surface area (Å²) in [5.74, 6) is 0.857. The SMILES string of the molecule is CC(C)Cn1nc(C(=O)Nc2cc(C(C)(C)C)nn2-c2ccccn2)c2ccccc2c1=O. The van der Waals surface area contributed by atoms with Gasteiger partial charge in [-0.25, -0.2) is 9.67 Å². The zero-order chi connectivity index (χ0) is 23.8. The van der Waals surface area contributed by atoms with Crippen molar-refractivity contribution in [1.29, 1.82) is 0 Å². The lowest BCUT2D eigenvalue weighted by Gasteiger charge is -2.13. The van der Waals surface area contributed by atoms with Crippen molar-refractivity contribution in [2.24, 2.45) is 5.92 Å². The lowest BCUT2D eigenvalue weighted by molar-refractivity contribution is 0.102. The number of rotatable bonds is 5. The maximum Gasteiger partial charge on any atom is 0.277 e. The second-order valence-corrected chi connectivity index (χ2v) is 9.49. The number of nitrogens with one attached hydrogen (secondary N) is 1. The molecule has 8 heteroatoms. The minimum absolute atomic E-state index is 0.192. The third kappa shape index (κ3) is 4.55. The van der Waals surface area contributed by atoms with E-state index in [4.69, 9.17) is 5.10 Å². The highest BCUT2D eigenvalue weighted by Crippen LogP contribution is 2.26. The largest absolute Gasteiger partial charge is 0.305 e. The molecule has 170 valence electrons. The van der Waals surface area contributed by atoms with Crippen LogP contribution in [0.15, 0.2) is 59.5 Å². The highest BCUT2D eigenvalue weighted by molar-refractivity contribution is 6.10. The van der Waals surface area contributed by atoms with Gasteiger partial charge in [0.15, 0.2) is 11.5 Å². The second kappa shape index (κ2) is 8.61. The number of pyridine rings is 1. The average Bonchev–Trinajstić information content (AvgIpc) is 3.20. The van der Waals surface area contributed by atoms with Crippen LogP contribution in [0.4, 0.5) is 5.82 Å². The van der Waals surface area contributed by atoms with Gasteiger partial charge in [0.25, 0.3) is 11.5 Å². The third-order valence-corrected chi connectivity index (χ3v) is 5.21. The molecule has 4 aromatic rings. The number of hydrogen-bond acceptors (Lipinski definition) is 5. The predicted molar refractivity (Wildman–Crippen MR) is 129 cm³/mol. The topological polar surface area (TPSA) is 94.7 Å². The minimum atomic E-state index is -0.416. The molecule has 0 aliphatic carbocycles. The zero-order valence-corrected chi connectivity index (χ0v) is 19.5. The van der Waals surface area contributed by atoms with Gasteiger partial charge in [0.05, 0.1) is 11.1 Å². The minimum Gasteiger partial charge on any atom is -0.305 e. The van der Waals surface area contributed by atoms with Gasteiger partial charge in [0.2, 0.25) is 0 Å². The summed E-state index contributed by atoms with van der Waals surface area (Å²) in [5.41, 5.74) is 0.571. The number of nitrogens with zero attached hydrogens (tertiary/aromatic N) is 5. The van der Waals surface area contributed by atoms with Crippen molar-refractivity contribution < 1.29 is 4.79 Å². The molecule has 0 aliphatic rings. The van der Waals surface area contributed by atoms with Crippen LogP contribution in [0.25, 0.3) is 16.6 Å². The highest BCUT2D eigenvalue weighted by atomic mass is 16.2. The Morgan fingerprint density at radius 3 is 2.36 bits per heavy atom. The number of aromatic nitrogens is 5. The summed E-state index contributed by atoms with van der Waals surface area (Å²) in [5, 5.41) is 13.1. The molecule has 33 heavy (non-hydrogen) atoms. The molecule has 0 aliphatic heterocycles. The summed E-state index contributed by atoms with van der Waals surface area (Å²) in [6.07, 6.45) is 1.68. The lowest BCUT2D eigenvalue weighted by Crippen LogP contribution is -2.29. The summed E-state index contributed by atoms with van der Waals surface area (Å²) in [6, 6.07) is 14.4. The molecule has 0 fully saturated rings. The summed E-state index contributed by atoms with van der Waals surface area (Å²) in [6.45, 7) is 10.6. The van der Waals surface area contributed by atoms with Crippen molar-refractivity contribution in [2.45, 2.75) is 46.6 Å². The molecule has 0 saturated carbocycles. The fourth-order valence-corrected chi connectivity index (χ4v) is 3.54. The van der Waals surface area contributed by atoms with Gasteiger partial charge in [-0.2, -0.15) is 14.9 Å². The standard InChI is InChI=1S/C25H28N6O2/c1-16(2)15-30-24(33)18-11-7-6-10-17(18)22(29-30)23(32)27-21-14-19(25(3,4)5)28-31(21)20-12-8-9-13-26-20/h6-14,16H,15H2,1-5H3,(H,27,32). The molecular weight excluding hydrogens is 416 g/mol. The first kappa shape index (κ1) is 22.4. The average molecular weight is 445 g/mol. The molecule has 0 bridgehead atoms. The highest BCUT2D eigenvalue weighted by Gasteiger charge is 2.24. The van der Waals surface area contributed by atoms with E-state index in [1.807, 2.05) is 38.1 Å². The summed E-state index contributed by atoms with van der Waals surface area (Å²) in [7, 11) is 0. The van der Waals surface area contributed by atoms with E-state index in [9.17, 15) is 9.59 Å². The Morgan fingerprint density at radius 2 is 1.73 bits per heavy atom. The first-order chi connectivity index (χ1) is 15.6. The van der Waals surface area contributed by atoms with E-state index in [0.717, 1.165) is 5.69 Å². The Balaban J connectivity index is 1.82. The zero-order valence-electron chi connectivity index (χ0n) is 19.5. The molecule has 0 spiro atoms. The molecule has 3 heterocycles. The Morgan fingerprint density at radius 1 is 1.03 bits per heavy atom. The van der Waals surface area contributed by atoms with E-state index < -0.39 is 5.91 Å². The van der Waals surface area contributed by atoms with Gasteiger partial charge in [-0.05, 0) is 24.1 Å². The molecule has 0 saturated heterocycles. The van der Waals surface area contributed by atoms with Crippen molar-refractivity contribution in [3.8, 4) is 5.82 Å². The molecule has 1 aromatic carbocycles. The quantitative estimate of drug-likeness (QED) is 0.498. The van der Waals surface area contributed by atoms with Gasteiger partial charge in [-0.15, -0.1) is 0 Å². The van der Waals surface area contributed by atoms with Crippen molar-refractivity contribution in [1.82, 2.24) is 24.5 Å². The van der Waals surface area contributed by atoms with Crippen LogP contribution in [0.3, 0.4) is 0 Å². The van der Waals surface area contributed by atoms with Crippen LogP contribution in [0.1, 0.15) is 50.8 Å². The molecule has 0 atom stereocenters. The van der Waals surface area contributed by atoms with Crippen LogP contribution in [0.5, 0.6) is 0 Å². The molecule has 1 N–H and O–H groups in total. The van der Waals surface area contributed by atoms with E-state index in [0.29, 0.717) is 29.0 Å². The Bertz CT molecular complexity index is 1360. The molecule has 1 amide bonds. The number of carbonyl (C=O) groups excluding carboxylic acids is 1. The molecule has 4 rings (SSSR count). The van der Waals surface area contributed by atoms with Crippen molar-refractivity contribution >= 4 is 22.5 Å². The Kier molecular flexibility index (Phi) is 5.84. The number of carbonyl (C=O) groups is 1. The van der Waals surface area contributed by atoms with E-state index in [1.54, 1.807) is 35.1 Å². The smallest absolute Gasteiger partial charge is 0.277 e. The number of fused-ring (bicyclic) bond motifs is 1. The van der Waals surface area contributed by atoms with Crippen LogP contribution >= 0.6 is 0 Å². The van der Waals surface area contributed by atoms with E-state index in [2.05, 4.69) is 36.2 Å². The van der Waals surface area contributed by atoms with Crippen LogP contribution in [0.2, 0.25) is 0 Å². The van der Waals surface area contributed by atoms with Crippen LogP contribution in [0, 0.1) is 5.92 Å². The van der Waals surface area contributed by atoms with Gasteiger partial charge in [0.1, 0.15) is 5.82 Å². The fourth-order valence-electron chi connectivity index (χ4n) is 3.54. The summed E-state index contributed by atoms with van der Waals surface area (Å²) >= 11 is 0. The van der Waals surface area contributed by atoms with Crippen molar-refractivity contribution in [3.63, 3.8) is 0 Å². The van der Waals surface area contributed by atoms with Gasteiger partial charge in [0, 0.05) is 29.6 Å². The molecule has 8 nitrogen and oxygen atoms in total. The predicted octanol–water partition coefficient (Wildman–Crippen LogP) is 4.18. The molecular formula is C25H28N6O2. The lowest BCUT2D eigenvalue weighted by atomic mass is 9.92. The molecule has 0 unspecified atom stereocenters. The van der Waals surface area contributed by atoms with Crippen LogP contribution < -0.4 is 10.9 Å². The van der Waals surface area contributed by atoms with Gasteiger partial charge in [-0.1, -0.05) is 58.9 Å². The Hall–Kier alpha value is -3.81. The van der Waals surface area contributed by atoms with Crippen molar-refractivity contribution in [2.75, 3.05) is 5.32 Å². The van der Waals surface area contributed by atoms with Crippen LogP contribution in [-0.2, 0) is 12.0 Å². The third-order valence-electron chi connectivity index (χ3n) is 5.21. The Labute approximate surface area is 192 Å². The number of anilines is 1. The number of amides is 1. The van der Waals surface area contributed by atoms with Gasteiger partial charge < -0.3 is 5.32 Å². The van der Waals surface area contributed by atoms with E-state index in [1.165, 1.54) is 4.68 Å². The first-order valence-electron chi connectivity index (χ1n) is 11.0. The maximum absolute atomic E-state index is 13.5. The van der Waals surface area contributed by atoms with Gasteiger partial charge >= 0.3 is 0 Å². The normalized spacial score (nSPS) is 11.8. The molecule has 3 aromatic heterocycles. The van der Waals surface area contributed by atoms with Crippen molar-refractivity contribution in [3.05, 3.63) is 76.5 Å². The summed E-state index contributed by atoms with van der Waals surface area (Å²) < 4.78 is 2.99. The maximum atomic E-state index is 13.5. The van der Waals surface area contributed by atoms with Gasteiger partial charge in [-0.3, -0.25) is 9.59 Å². The fraction of sp³-hybridized carbons (Fsp3) is 0.320. The number of benzene rings is 1. The van der Waals surface area contributed by atoms with E-state index >= 15 is 0 Å². The molecule has 0 radical (unpaired) electrons. The monoisotopic (exact) mass is 444 g/mol.